The van der Waals surface area contributed by atoms with E-state index in [9.17, 15) is 0 Å². The molecule has 0 aliphatic carbocycles. The highest BCUT2D eigenvalue weighted by Gasteiger charge is 2.04. The van der Waals surface area contributed by atoms with Crippen LogP contribution >= 0.6 is 22.9 Å². The molecule has 3 rings (SSSR count). The van der Waals surface area contributed by atoms with Gasteiger partial charge in [-0.15, -0.1) is 11.3 Å². The van der Waals surface area contributed by atoms with E-state index in [4.69, 9.17) is 17.3 Å². The van der Waals surface area contributed by atoms with Crippen LogP contribution in [0.3, 0.4) is 0 Å². The van der Waals surface area contributed by atoms with E-state index in [-0.39, 0.29) is 0 Å². The number of anilines is 1. The summed E-state index contributed by atoms with van der Waals surface area (Å²) in [4.78, 5) is 5.65. The van der Waals surface area contributed by atoms with Gasteiger partial charge in [0.1, 0.15) is 0 Å². The summed E-state index contributed by atoms with van der Waals surface area (Å²) < 4.78 is 2.98. The van der Waals surface area contributed by atoms with E-state index in [2.05, 4.69) is 15.6 Å². The van der Waals surface area contributed by atoms with E-state index in [0.717, 1.165) is 34.0 Å². The third-order valence-corrected chi connectivity index (χ3v) is 4.16. The molecule has 5 heteroatoms. The van der Waals surface area contributed by atoms with Crippen LogP contribution in [0.4, 0.5) is 5.69 Å². The minimum absolute atomic E-state index is 0.748. The summed E-state index contributed by atoms with van der Waals surface area (Å²) >= 11 is 7.55. The van der Waals surface area contributed by atoms with Crippen molar-refractivity contribution in [3.05, 3.63) is 45.9 Å². The molecule has 0 amide bonds. The molecule has 0 radical (unpaired) electrons. The Hall–Kier alpha value is -1.52. The fourth-order valence-electron chi connectivity index (χ4n) is 1.98. The lowest BCUT2D eigenvalue weighted by atomic mass is 10.2. The zero-order valence-electron chi connectivity index (χ0n) is 9.64. The van der Waals surface area contributed by atoms with Gasteiger partial charge >= 0.3 is 0 Å². The highest BCUT2D eigenvalue weighted by atomic mass is 35.5. The molecule has 18 heavy (non-hydrogen) atoms. The standard InChI is InChI=1S/C13H12ClN3S/c14-13-4-2-10(18-13)5-6-17-8-16-11-7-9(15)1-3-12(11)17/h1-4,7-8H,5-6,15H2. The van der Waals surface area contributed by atoms with Crippen LogP contribution in [0.15, 0.2) is 36.7 Å². The van der Waals surface area contributed by atoms with E-state index in [1.165, 1.54) is 4.88 Å². The molecule has 0 spiro atoms. The Morgan fingerprint density at radius 3 is 2.94 bits per heavy atom. The van der Waals surface area contributed by atoms with Crippen LogP contribution in [-0.2, 0) is 13.0 Å². The Balaban J connectivity index is 1.82. The summed E-state index contributed by atoms with van der Waals surface area (Å²) in [6.07, 6.45) is 2.83. The number of fused-ring (bicyclic) bond motifs is 1. The summed E-state index contributed by atoms with van der Waals surface area (Å²) in [6, 6.07) is 9.83. The first-order valence-corrected chi connectivity index (χ1v) is 6.86. The van der Waals surface area contributed by atoms with Crippen molar-refractivity contribution in [1.82, 2.24) is 9.55 Å². The van der Waals surface area contributed by atoms with Crippen molar-refractivity contribution >= 4 is 39.7 Å². The molecule has 0 atom stereocenters. The Labute approximate surface area is 114 Å². The molecule has 0 unspecified atom stereocenters. The monoisotopic (exact) mass is 277 g/mol. The summed E-state index contributed by atoms with van der Waals surface area (Å²) in [5.41, 5.74) is 8.55. The molecule has 2 N–H and O–H groups in total. The number of hydrogen-bond donors (Lipinski definition) is 1. The number of aryl methyl sites for hydroxylation is 2. The van der Waals surface area contributed by atoms with Gasteiger partial charge in [0.15, 0.2) is 0 Å². The maximum atomic E-state index is 5.92. The first-order valence-electron chi connectivity index (χ1n) is 5.67. The topological polar surface area (TPSA) is 43.8 Å². The lowest BCUT2D eigenvalue weighted by Gasteiger charge is -2.03. The predicted octanol–water partition coefficient (Wildman–Crippen LogP) is 3.58. The maximum absolute atomic E-state index is 5.92. The van der Waals surface area contributed by atoms with E-state index in [1.54, 1.807) is 11.3 Å². The maximum Gasteiger partial charge on any atom is 0.0958 e. The van der Waals surface area contributed by atoms with Crippen LogP contribution in [0.1, 0.15) is 4.88 Å². The molecule has 3 aromatic rings. The second-order valence-corrected chi connectivity index (χ2v) is 5.94. The first-order chi connectivity index (χ1) is 8.72. The number of hydrogen-bond acceptors (Lipinski definition) is 3. The molecular weight excluding hydrogens is 266 g/mol. The molecular formula is C13H12ClN3S. The molecule has 3 nitrogen and oxygen atoms in total. The average Bonchev–Trinajstić information content (AvgIpc) is 2.92. The lowest BCUT2D eigenvalue weighted by molar-refractivity contribution is 0.722. The third-order valence-electron chi connectivity index (χ3n) is 2.87. The quantitative estimate of drug-likeness (QED) is 0.744. The van der Waals surface area contributed by atoms with E-state index in [1.807, 2.05) is 30.6 Å². The van der Waals surface area contributed by atoms with Crippen molar-refractivity contribution in [2.75, 3.05) is 5.73 Å². The van der Waals surface area contributed by atoms with E-state index in [0.29, 0.717) is 0 Å². The van der Waals surface area contributed by atoms with Crippen LogP contribution in [0, 0.1) is 0 Å². The number of nitrogens with zero attached hydrogens (tertiary/aromatic N) is 2. The van der Waals surface area contributed by atoms with Gasteiger partial charge in [-0.05, 0) is 36.8 Å². The average molecular weight is 278 g/mol. The molecule has 0 fully saturated rings. The number of benzene rings is 1. The largest absolute Gasteiger partial charge is 0.399 e. The first kappa shape index (κ1) is 11.6. The number of thiophene rings is 1. The number of nitrogens with two attached hydrogens (primary N) is 1. The fraction of sp³-hybridized carbons (Fsp3) is 0.154. The van der Waals surface area contributed by atoms with Crippen LogP contribution in [-0.4, -0.2) is 9.55 Å². The molecule has 2 heterocycles. The van der Waals surface area contributed by atoms with Gasteiger partial charge in [0.2, 0.25) is 0 Å². The smallest absolute Gasteiger partial charge is 0.0958 e. The fourth-order valence-corrected chi connectivity index (χ4v) is 3.05. The van der Waals surface area contributed by atoms with Crippen LogP contribution in [0.2, 0.25) is 4.34 Å². The highest BCUT2D eigenvalue weighted by Crippen LogP contribution is 2.23. The third kappa shape index (κ3) is 2.21. The van der Waals surface area contributed by atoms with Crippen LogP contribution < -0.4 is 5.73 Å². The number of imidazole rings is 1. The molecule has 0 saturated heterocycles. The van der Waals surface area contributed by atoms with Crippen LogP contribution in [0.5, 0.6) is 0 Å². The van der Waals surface area contributed by atoms with E-state index < -0.39 is 0 Å². The van der Waals surface area contributed by atoms with Gasteiger partial charge < -0.3 is 10.3 Å². The molecule has 0 saturated carbocycles. The van der Waals surface area contributed by atoms with Crippen molar-refractivity contribution in [2.24, 2.45) is 0 Å². The number of aromatic nitrogens is 2. The number of halogens is 1. The number of nitrogen functional groups attached to an aromatic ring is 1. The van der Waals surface area contributed by atoms with Crippen molar-refractivity contribution < 1.29 is 0 Å². The Kier molecular flexibility index (Phi) is 2.97. The molecule has 0 aliphatic rings. The van der Waals surface area contributed by atoms with Gasteiger partial charge in [0.05, 0.1) is 21.7 Å². The van der Waals surface area contributed by atoms with E-state index >= 15 is 0 Å². The van der Waals surface area contributed by atoms with Gasteiger partial charge in [-0.2, -0.15) is 0 Å². The minimum Gasteiger partial charge on any atom is -0.399 e. The van der Waals surface area contributed by atoms with Crippen molar-refractivity contribution in [2.45, 2.75) is 13.0 Å². The molecule has 0 bridgehead atoms. The highest BCUT2D eigenvalue weighted by molar-refractivity contribution is 7.16. The summed E-state index contributed by atoms with van der Waals surface area (Å²) in [7, 11) is 0. The molecule has 92 valence electrons. The van der Waals surface area contributed by atoms with Crippen molar-refractivity contribution in [3.63, 3.8) is 0 Å². The summed E-state index contributed by atoms with van der Waals surface area (Å²) in [5, 5.41) is 0. The molecule has 1 aromatic carbocycles. The van der Waals surface area contributed by atoms with Gasteiger partial charge in [-0.25, -0.2) is 4.98 Å². The van der Waals surface area contributed by atoms with Crippen molar-refractivity contribution in [1.29, 1.82) is 0 Å². The van der Waals surface area contributed by atoms with Gasteiger partial charge in [-0.1, -0.05) is 11.6 Å². The van der Waals surface area contributed by atoms with Gasteiger partial charge in [-0.3, -0.25) is 0 Å². The minimum atomic E-state index is 0.748. The lowest BCUT2D eigenvalue weighted by Crippen LogP contribution is -1.98. The predicted molar refractivity (Wildman–Crippen MR) is 77.2 cm³/mol. The molecule has 0 aliphatic heterocycles. The normalized spacial score (nSPS) is 11.2. The Bertz CT molecular complexity index is 686. The zero-order chi connectivity index (χ0) is 12.5. The second kappa shape index (κ2) is 4.63. The van der Waals surface area contributed by atoms with Crippen molar-refractivity contribution in [3.8, 4) is 0 Å². The Morgan fingerprint density at radius 2 is 2.17 bits per heavy atom. The molecule has 2 aromatic heterocycles. The van der Waals surface area contributed by atoms with Crippen LogP contribution in [0.25, 0.3) is 11.0 Å². The SMILES string of the molecule is Nc1ccc2c(c1)ncn2CCc1ccc(Cl)s1. The summed E-state index contributed by atoms with van der Waals surface area (Å²) in [5.74, 6) is 0. The van der Waals surface area contributed by atoms with Gasteiger partial charge in [0, 0.05) is 17.1 Å². The zero-order valence-corrected chi connectivity index (χ0v) is 11.2. The summed E-state index contributed by atoms with van der Waals surface area (Å²) in [6.45, 7) is 0.900. The second-order valence-electron chi connectivity index (χ2n) is 4.14. The number of rotatable bonds is 3. The van der Waals surface area contributed by atoms with Gasteiger partial charge in [0.25, 0.3) is 0 Å². The Morgan fingerprint density at radius 1 is 1.28 bits per heavy atom.